The van der Waals surface area contributed by atoms with Crippen LogP contribution < -0.4 is 5.32 Å². The Morgan fingerprint density at radius 1 is 1.31 bits per heavy atom. The molecule has 5 heteroatoms. The lowest BCUT2D eigenvalue weighted by Crippen LogP contribution is -2.36. The van der Waals surface area contributed by atoms with E-state index in [2.05, 4.69) is 5.32 Å². The van der Waals surface area contributed by atoms with Gasteiger partial charge >= 0.3 is 0 Å². The molecule has 0 aliphatic carbocycles. The monoisotopic (exact) mass is 231 g/mol. The molecular formula is C11H12F3NO. The molecule has 1 fully saturated rings. The van der Waals surface area contributed by atoms with E-state index < -0.39 is 23.8 Å². The van der Waals surface area contributed by atoms with Crippen LogP contribution in [0.2, 0.25) is 0 Å². The van der Waals surface area contributed by atoms with E-state index in [0.29, 0.717) is 5.56 Å². The van der Waals surface area contributed by atoms with Crippen molar-refractivity contribution in [2.75, 3.05) is 13.2 Å². The zero-order valence-corrected chi connectivity index (χ0v) is 8.55. The highest BCUT2D eigenvalue weighted by atomic mass is 19.1. The van der Waals surface area contributed by atoms with E-state index in [9.17, 15) is 13.2 Å². The van der Waals surface area contributed by atoms with Crippen molar-refractivity contribution < 1.29 is 17.9 Å². The predicted molar refractivity (Wildman–Crippen MR) is 52.7 cm³/mol. The van der Waals surface area contributed by atoms with E-state index in [0.717, 1.165) is 6.07 Å². The average molecular weight is 231 g/mol. The number of nitrogens with one attached hydrogen (secondary N) is 1. The third kappa shape index (κ3) is 2.54. The lowest BCUT2D eigenvalue weighted by molar-refractivity contribution is 0.172. The van der Waals surface area contributed by atoms with Crippen molar-refractivity contribution >= 4 is 0 Å². The van der Waals surface area contributed by atoms with E-state index in [1.54, 1.807) is 0 Å². The van der Waals surface area contributed by atoms with Crippen LogP contribution in [0.25, 0.3) is 0 Å². The minimum absolute atomic E-state index is 0.0730. The molecule has 0 saturated carbocycles. The van der Waals surface area contributed by atoms with Crippen LogP contribution in [-0.2, 0) is 11.3 Å². The number of rotatable bonds is 3. The quantitative estimate of drug-likeness (QED) is 0.856. The summed E-state index contributed by atoms with van der Waals surface area (Å²) in [6.45, 7) is 0.522. The minimum atomic E-state index is -1.07. The van der Waals surface area contributed by atoms with Crippen molar-refractivity contribution in [3.8, 4) is 0 Å². The number of hydrogen-bond donors (Lipinski definition) is 1. The SMILES string of the molecule is Fc1ccc(CNC2COCC2F)c(F)c1. The molecule has 2 unspecified atom stereocenters. The topological polar surface area (TPSA) is 21.3 Å². The maximum Gasteiger partial charge on any atom is 0.141 e. The summed E-state index contributed by atoms with van der Waals surface area (Å²) in [6.07, 6.45) is -1.07. The van der Waals surface area contributed by atoms with Crippen molar-refractivity contribution in [1.29, 1.82) is 0 Å². The molecule has 2 atom stereocenters. The molecule has 88 valence electrons. The molecule has 1 aliphatic rings. The largest absolute Gasteiger partial charge is 0.377 e. The van der Waals surface area contributed by atoms with Crippen LogP contribution in [0.5, 0.6) is 0 Å². The van der Waals surface area contributed by atoms with Crippen molar-refractivity contribution in [2.24, 2.45) is 0 Å². The maximum atomic E-state index is 13.2. The number of hydrogen-bond acceptors (Lipinski definition) is 2. The second kappa shape index (κ2) is 4.84. The van der Waals surface area contributed by atoms with E-state index >= 15 is 0 Å². The van der Waals surface area contributed by atoms with Gasteiger partial charge in [-0.25, -0.2) is 13.2 Å². The van der Waals surface area contributed by atoms with E-state index in [1.807, 2.05) is 0 Å². The summed E-state index contributed by atoms with van der Waals surface area (Å²) < 4.78 is 43.9. The molecule has 1 N–H and O–H groups in total. The Labute approximate surface area is 91.4 Å². The highest BCUT2D eigenvalue weighted by Crippen LogP contribution is 2.12. The van der Waals surface area contributed by atoms with Gasteiger partial charge in [-0.15, -0.1) is 0 Å². The molecule has 1 aromatic rings. The van der Waals surface area contributed by atoms with Gasteiger partial charge in [-0.2, -0.15) is 0 Å². The van der Waals surface area contributed by atoms with Crippen LogP contribution in [0.1, 0.15) is 5.56 Å². The highest BCUT2D eigenvalue weighted by molar-refractivity contribution is 5.18. The summed E-state index contributed by atoms with van der Waals surface area (Å²) in [5, 5.41) is 2.85. The fourth-order valence-corrected chi connectivity index (χ4v) is 1.62. The van der Waals surface area contributed by atoms with Crippen molar-refractivity contribution in [1.82, 2.24) is 5.32 Å². The van der Waals surface area contributed by atoms with E-state index in [4.69, 9.17) is 4.74 Å². The summed E-state index contributed by atoms with van der Waals surface area (Å²) in [4.78, 5) is 0. The molecule has 2 nitrogen and oxygen atoms in total. The molecule has 0 radical (unpaired) electrons. The Balaban J connectivity index is 1.94. The second-order valence-electron chi connectivity index (χ2n) is 3.78. The first-order chi connectivity index (χ1) is 7.66. The molecule has 1 saturated heterocycles. The van der Waals surface area contributed by atoms with Gasteiger partial charge in [0.25, 0.3) is 0 Å². The summed E-state index contributed by atoms with van der Waals surface area (Å²) >= 11 is 0. The number of ether oxygens (including phenoxy) is 1. The summed E-state index contributed by atoms with van der Waals surface area (Å²) in [7, 11) is 0. The van der Waals surface area contributed by atoms with Gasteiger partial charge in [0.05, 0.1) is 19.3 Å². The molecule has 2 rings (SSSR count). The second-order valence-corrected chi connectivity index (χ2v) is 3.78. The third-order valence-corrected chi connectivity index (χ3v) is 2.58. The number of benzene rings is 1. The Bertz CT molecular complexity index is 372. The third-order valence-electron chi connectivity index (χ3n) is 2.58. The van der Waals surface area contributed by atoms with E-state index in [-0.39, 0.29) is 19.8 Å². The fraction of sp³-hybridized carbons (Fsp3) is 0.455. The molecule has 16 heavy (non-hydrogen) atoms. The van der Waals surface area contributed by atoms with Crippen LogP contribution in [-0.4, -0.2) is 25.4 Å². The van der Waals surface area contributed by atoms with Gasteiger partial charge in [0.15, 0.2) is 0 Å². The Kier molecular flexibility index (Phi) is 3.46. The standard InChI is InChI=1S/C11H12F3NO/c12-8-2-1-7(9(13)3-8)4-15-11-6-16-5-10(11)14/h1-3,10-11,15H,4-6H2. The van der Waals surface area contributed by atoms with Crippen molar-refractivity contribution in [3.05, 3.63) is 35.4 Å². The van der Waals surface area contributed by atoms with Crippen LogP contribution >= 0.6 is 0 Å². The highest BCUT2D eigenvalue weighted by Gasteiger charge is 2.27. The van der Waals surface area contributed by atoms with Crippen LogP contribution in [0.4, 0.5) is 13.2 Å². The number of halogens is 3. The zero-order valence-electron chi connectivity index (χ0n) is 8.55. The van der Waals surface area contributed by atoms with E-state index in [1.165, 1.54) is 12.1 Å². The van der Waals surface area contributed by atoms with Crippen LogP contribution in [0.3, 0.4) is 0 Å². The van der Waals surface area contributed by atoms with Gasteiger partial charge in [-0.05, 0) is 6.07 Å². The first-order valence-corrected chi connectivity index (χ1v) is 5.06. The molecule has 1 aromatic carbocycles. The minimum Gasteiger partial charge on any atom is -0.377 e. The van der Waals surface area contributed by atoms with Crippen LogP contribution in [0, 0.1) is 11.6 Å². The Morgan fingerprint density at radius 3 is 2.75 bits per heavy atom. The first kappa shape index (κ1) is 11.4. The summed E-state index contributed by atoms with van der Waals surface area (Å²) in [5.41, 5.74) is 0.320. The van der Waals surface area contributed by atoms with Crippen molar-refractivity contribution in [3.63, 3.8) is 0 Å². The van der Waals surface area contributed by atoms with Gasteiger partial charge in [0.1, 0.15) is 17.8 Å². The van der Waals surface area contributed by atoms with Gasteiger partial charge in [0, 0.05) is 18.2 Å². The smallest absolute Gasteiger partial charge is 0.141 e. The molecule has 0 aromatic heterocycles. The summed E-state index contributed by atoms with van der Waals surface area (Å²) in [6, 6.07) is 2.93. The molecule has 0 amide bonds. The lowest BCUT2D eigenvalue weighted by atomic mass is 10.1. The van der Waals surface area contributed by atoms with Gasteiger partial charge in [-0.3, -0.25) is 0 Å². The molecule has 0 spiro atoms. The Hall–Kier alpha value is -1.07. The lowest BCUT2D eigenvalue weighted by Gasteiger charge is -2.13. The predicted octanol–water partition coefficient (Wildman–Crippen LogP) is 1.79. The van der Waals surface area contributed by atoms with Gasteiger partial charge in [-0.1, -0.05) is 6.07 Å². The number of alkyl halides is 1. The normalized spacial score (nSPS) is 24.9. The van der Waals surface area contributed by atoms with Gasteiger partial charge < -0.3 is 10.1 Å². The van der Waals surface area contributed by atoms with Crippen LogP contribution in [0.15, 0.2) is 18.2 Å². The molecule has 0 bridgehead atoms. The molecule has 1 heterocycles. The van der Waals surface area contributed by atoms with Gasteiger partial charge in [0.2, 0.25) is 0 Å². The molecular weight excluding hydrogens is 219 g/mol. The average Bonchev–Trinajstić information content (AvgIpc) is 2.63. The zero-order chi connectivity index (χ0) is 11.5. The maximum absolute atomic E-state index is 13.2. The van der Waals surface area contributed by atoms with Crippen molar-refractivity contribution in [2.45, 2.75) is 18.8 Å². The Morgan fingerprint density at radius 2 is 2.12 bits per heavy atom. The summed E-state index contributed by atoms with van der Waals surface area (Å²) in [5.74, 6) is -1.24. The molecule has 1 aliphatic heterocycles. The first-order valence-electron chi connectivity index (χ1n) is 5.06. The fourth-order valence-electron chi connectivity index (χ4n) is 1.62.